The van der Waals surface area contributed by atoms with Crippen molar-refractivity contribution in [1.29, 1.82) is 0 Å². The first-order valence-corrected chi connectivity index (χ1v) is 6.62. The topological polar surface area (TPSA) is 83.5 Å². The summed E-state index contributed by atoms with van der Waals surface area (Å²) < 4.78 is 22.2. The highest BCUT2D eigenvalue weighted by Gasteiger charge is 2.26. The van der Waals surface area contributed by atoms with Gasteiger partial charge in [0, 0.05) is 12.6 Å². The predicted molar refractivity (Wildman–Crippen MR) is 56.4 cm³/mol. The summed E-state index contributed by atoms with van der Waals surface area (Å²) in [6, 6.07) is 0. The summed E-state index contributed by atoms with van der Waals surface area (Å²) in [5.74, 6) is -0.263. The lowest BCUT2D eigenvalue weighted by molar-refractivity contribution is -0.131. The standard InChI is InChI=1S/C9H15NO4S/c11-9(12)2-1-4-10-6-8-3-5-15(13,14)7-8/h1-2,8,10H,3-7H2,(H,11,12)/b2-1+. The average molecular weight is 233 g/mol. The predicted octanol–water partition coefficient (Wildman–Crippen LogP) is -0.348. The normalized spacial score (nSPS) is 24.7. The molecule has 1 aliphatic rings. The zero-order valence-corrected chi connectivity index (χ0v) is 9.16. The second kappa shape index (κ2) is 5.27. The van der Waals surface area contributed by atoms with Gasteiger partial charge in [0.25, 0.3) is 0 Å². The molecule has 0 aromatic heterocycles. The van der Waals surface area contributed by atoms with Gasteiger partial charge in [-0.25, -0.2) is 13.2 Å². The Hall–Kier alpha value is -0.880. The minimum atomic E-state index is -2.80. The molecule has 1 heterocycles. The second-order valence-corrected chi connectivity index (χ2v) is 5.90. The van der Waals surface area contributed by atoms with E-state index in [1.54, 1.807) is 0 Å². The number of hydrogen-bond acceptors (Lipinski definition) is 4. The van der Waals surface area contributed by atoms with Crippen LogP contribution in [-0.4, -0.2) is 44.1 Å². The van der Waals surface area contributed by atoms with Gasteiger partial charge in [-0.1, -0.05) is 6.08 Å². The molecule has 2 N–H and O–H groups in total. The molecule has 0 amide bonds. The third-order valence-electron chi connectivity index (χ3n) is 2.28. The summed E-state index contributed by atoms with van der Waals surface area (Å²) in [7, 11) is -2.80. The lowest BCUT2D eigenvalue weighted by Gasteiger charge is -2.06. The quantitative estimate of drug-likeness (QED) is 0.501. The molecule has 1 atom stereocenters. The van der Waals surface area contributed by atoms with Crippen molar-refractivity contribution < 1.29 is 18.3 Å². The van der Waals surface area contributed by atoms with Gasteiger partial charge in [0.15, 0.2) is 9.84 Å². The van der Waals surface area contributed by atoms with Gasteiger partial charge in [-0.15, -0.1) is 0 Å². The highest BCUT2D eigenvalue weighted by Crippen LogP contribution is 2.16. The van der Waals surface area contributed by atoms with Crippen LogP contribution in [0.4, 0.5) is 0 Å². The zero-order chi connectivity index (χ0) is 11.3. The maximum absolute atomic E-state index is 11.1. The first-order valence-electron chi connectivity index (χ1n) is 4.80. The van der Waals surface area contributed by atoms with Crippen LogP contribution in [0.5, 0.6) is 0 Å². The lowest BCUT2D eigenvalue weighted by atomic mass is 10.1. The summed E-state index contributed by atoms with van der Waals surface area (Å²) in [5.41, 5.74) is 0. The molecule has 1 rings (SSSR count). The van der Waals surface area contributed by atoms with Crippen molar-refractivity contribution in [2.24, 2.45) is 5.92 Å². The second-order valence-electron chi connectivity index (χ2n) is 3.67. The van der Waals surface area contributed by atoms with E-state index in [4.69, 9.17) is 5.11 Å². The van der Waals surface area contributed by atoms with Crippen LogP contribution < -0.4 is 5.32 Å². The molecule has 0 aromatic carbocycles. The van der Waals surface area contributed by atoms with Gasteiger partial charge in [-0.2, -0.15) is 0 Å². The summed E-state index contributed by atoms with van der Waals surface area (Å²) in [5, 5.41) is 11.3. The van der Waals surface area contributed by atoms with Crippen LogP contribution in [-0.2, 0) is 14.6 Å². The summed E-state index contributed by atoms with van der Waals surface area (Å²) in [4.78, 5) is 10.1. The van der Waals surface area contributed by atoms with Crippen LogP contribution in [0.3, 0.4) is 0 Å². The van der Waals surface area contributed by atoms with Gasteiger partial charge in [0.05, 0.1) is 11.5 Å². The van der Waals surface area contributed by atoms with Gasteiger partial charge in [-0.3, -0.25) is 0 Å². The highest BCUT2D eigenvalue weighted by molar-refractivity contribution is 7.91. The van der Waals surface area contributed by atoms with E-state index in [1.807, 2.05) is 0 Å². The molecule has 15 heavy (non-hydrogen) atoms. The molecule has 0 bridgehead atoms. The third kappa shape index (κ3) is 4.94. The minimum absolute atomic E-state index is 0.174. The monoisotopic (exact) mass is 233 g/mol. The van der Waals surface area contributed by atoms with E-state index in [1.165, 1.54) is 6.08 Å². The molecular weight excluding hydrogens is 218 g/mol. The van der Waals surface area contributed by atoms with E-state index in [2.05, 4.69) is 5.32 Å². The number of aliphatic carboxylic acids is 1. The molecule has 0 spiro atoms. The molecule has 1 aliphatic heterocycles. The van der Waals surface area contributed by atoms with Gasteiger partial charge in [-0.05, 0) is 18.9 Å². The molecule has 0 radical (unpaired) electrons. The number of carbonyl (C=O) groups is 1. The van der Waals surface area contributed by atoms with Crippen molar-refractivity contribution in [2.75, 3.05) is 24.6 Å². The van der Waals surface area contributed by atoms with E-state index in [0.717, 1.165) is 6.08 Å². The Morgan fingerprint density at radius 2 is 2.27 bits per heavy atom. The molecule has 1 unspecified atom stereocenters. The van der Waals surface area contributed by atoms with Crippen LogP contribution in [0.1, 0.15) is 6.42 Å². The Kier molecular flexibility index (Phi) is 4.28. The Labute approximate surface area is 89.1 Å². The van der Waals surface area contributed by atoms with Gasteiger partial charge >= 0.3 is 5.97 Å². The van der Waals surface area contributed by atoms with E-state index in [9.17, 15) is 13.2 Å². The van der Waals surface area contributed by atoms with Gasteiger partial charge < -0.3 is 10.4 Å². The lowest BCUT2D eigenvalue weighted by Crippen LogP contribution is -2.23. The van der Waals surface area contributed by atoms with Crippen molar-refractivity contribution in [3.63, 3.8) is 0 Å². The molecule has 6 heteroatoms. The number of nitrogens with one attached hydrogen (secondary N) is 1. The fourth-order valence-electron chi connectivity index (χ4n) is 1.56. The van der Waals surface area contributed by atoms with Crippen LogP contribution in [0.2, 0.25) is 0 Å². The molecule has 5 nitrogen and oxygen atoms in total. The van der Waals surface area contributed by atoms with E-state index in [0.29, 0.717) is 19.5 Å². The fraction of sp³-hybridized carbons (Fsp3) is 0.667. The van der Waals surface area contributed by atoms with Crippen molar-refractivity contribution in [3.8, 4) is 0 Å². The molecular formula is C9H15NO4S. The summed E-state index contributed by atoms with van der Waals surface area (Å²) in [6.45, 7) is 1.09. The first kappa shape index (κ1) is 12.2. The van der Waals surface area contributed by atoms with Crippen molar-refractivity contribution in [1.82, 2.24) is 5.32 Å². The van der Waals surface area contributed by atoms with E-state index >= 15 is 0 Å². The molecule has 0 aromatic rings. The SMILES string of the molecule is O=C(O)/C=C/CNCC1CCS(=O)(=O)C1. The maximum Gasteiger partial charge on any atom is 0.328 e. The van der Waals surface area contributed by atoms with Crippen LogP contribution in [0.25, 0.3) is 0 Å². The highest BCUT2D eigenvalue weighted by atomic mass is 32.2. The first-order chi connectivity index (χ1) is 6.99. The Balaban J connectivity index is 2.14. The number of carboxylic acids is 1. The van der Waals surface area contributed by atoms with Gasteiger partial charge in [0.1, 0.15) is 0 Å². The Bertz CT molecular complexity index is 347. The van der Waals surface area contributed by atoms with Crippen molar-refractivity contribution in [3.05, 3.63) is 12.2 Å². The smallest absolute Gasteiger partial charge is 0.328 e. The van der Waals surface area contributed by atoms with E-state index < -0.39 is 15.8 Å². The molecule has 0 saturated carbocycles. The largest absolute Gasteiger partial charge is 0.478 e. The molecule has 1 saturated heterocycles. The summed E-state index contributed by atoms with van der Waals surface area (Å²) in [6.07, 6.45) is 3.28. The van der Waals surface area contributed by atoms with Gasteiger partial charge in [0.2, 0.25) is 0 Å². The third-order valence-corrected chi connectivity index (χ3v) is 4.12. The number of rotatable bonds is 5. The number of sulfone groups is 1. The van der Waals surface area contributed by atoms with Crippen LogP contribution in [0.15, 0.2) is 12.2 Å². The van der Waals surface area contributed by atoms with E-state index in [-0.39, 0.29) is 17.4 Å². The minimum Gasteiger partial charge on any atom is -0.478 e. The number of hydrogen-bond donors (Lipinski definition) is 2. The fourth-order valence-corrected chi connectivity index (χ4v) is 3.43. The van der Waals surface area contributed by atoms with Crippen molar-refractivity contribution in [2.45, 2.75) is 6.42 Å². The Morgan fingerprint density at radius 1 is 1.53 bits per heavy atom. The zero-order valence-electron chi connectivity index (χ0n) is 8.35. The van der Waals surface area contributed by atoms with Crippen LogP contribution in [0, 0.1) is 5.92 Å². The average Bonchev–Trinajstić information content (AvgIpc) is 2.44. The molecule has 1 fully saturated rings. The van der Waals surface area contributed by atoms with Crippen LogP contribution >= 0.6 is 0 Å². The number of carboxylic acid groups (broad SMARTS) is 1. The Morgan fingerprint density at radius 3 is 2.80 bits per heavy atom. The summed E-state index contributed by atoms with van der Waals surface area (Å²) >= 11 is 0. The van der Waals surface area contributed by atoms with Crippen molar-refractivity contribution >= 4 is 15.8 Å². The molecule has 0 aliphatic carbocycles. The maximum atomic E-state index is 11.1. The molecule has 86 valence electrons.